The summed E-state index contributed by atoms with van der Waals surface area (Å²) >= 11 is 3.83. The fourth-order valence-electron chi connectivity index (χ4n) is 2.72. The molecule has 0 fully saturated rings. The van der Waals surface area contributed by atoms with Gasteiger partial charge in [0.05, 0.1) is 11.4 Å². The summed E-state index contributed by atoms with van der Waals surface area (Å²) in [5, 5.41) is 0. The maximum Gasteiger partial charge on any atom is 0.123 e. The summed E-state index contributed by atoms with van der Waals surface area (Å²) in [4.78, 5) is 0.226. The first-order valence-electron chi connectivity index (χ1n) is 6.95. The highest BCUT2D eigenvalue weighted by molar-refractivity contribution is 9.09. The van der Waals surface area contributed by atoms with Gasteiger partial charge < -0.3 is 4.74 Å². The first-order chi connectivity index (χ1) is 9.47. The second kappa shape index (κ2) is 4.92. The Balaban J connectivity index is 1.99. The lowest BCUT2D eigenvalue weighted by Gasteiger charge is -2.18. The molecule has 20 heavy (non-hydrogen) atoms. The van der Waals surface area contributed by atoms with Gasteiger partial charge in [0.2, 0.25) is 0 Å². The van der Waals surface area contributed by atoms with Crippen LogP contribution in [0.2, 0.25) is 0 Å². The molecule has 0 aliphatic carbocycles. The third kappa shape index (κ3) is 2.37. The van der Waals surface area contributed by atoms with Gasteiger partial charge in [0, 0.05) is 11.0 Å². The summed E-state index contributed by atoms with van der Waals surface area (Å²) in [6.07, 6.45) is 0. The molecule has 0 saturated heterocycles. The lowest BCUT2D eigenvalue weighted by atomic mass is 9.85. The highest BCUT2D eigenvalue weighted by Crippen LogP contribution is 2.41. The first kappa shape index (κ1) is 13.7. The predicted molar refractivity (Wildman–Crippen MR) is 86.9 cm³/mol. The zero-order valence-electron chi connectivity index (χ0n) is 12.1. The summed E-state index contributed by atoms with van der Waals surface area (Å²) in [7, 11) is 0. The summed E-state index contributed by atoms with van der Waals surface area (Å²) < 4.78 is 5.76. The van der Waals surface area contributed by atoms with Crippen LogP contribution in [0.1, 0.15) is 40.9 Å². The molecule has 2 aromatic carbocycles. The van der Waals surface area contributed by atoms with Crippen LogP contribution in [-0.4, -0.2) is 6.61 Å². The number of benzene rings is 2. The molecule has 1 unspecified atom stereocenters. The van der Waals surface area contributed by atoms with Crippen molar-refractivity contribution in [1.82, 2.24) is 0 Å². The van der Waals surface area contributed by atoms with Crippen LogP contribution in [-0.2, 0) is 5.41 Å². The molecule has 0 N–H and O–H groups in total. The number of fused-ring (bicyclic) bond motifs is 1. The van der Waals surface area contributed by atoms with Crippen LogP contribution in [0.25, 0.3) is 0 Å². The van der Waals surface area contributed by atoms with Crippen molar-refractivity contribution in [2.75, 3.05) is 6.61 Å². The highest BCUT2D eigenvalue weighted by atomic mass is 79.9. The van der Waals surface area contributed by atoms with Gasteiger partial charge >= 0.3 is 0 Å². The van der Waals surface area contributed by atoms with Crippen LogP contribution >= 0.6 is 15.9 Å². The van der Waals surface area contributed by atoms with Crippen LogP contribution in [0.4, 0.5) is 0 Å². The van der Waals surface area contributed by atoms with Gasteiger partial charge in [-0.15, -0.1) is 0 Å². The van der Waals surface area contributed by atoms with Gasteiger partial charge in [-0.1, -0.05) is 65.7 Å². The minimum absolute atomic E-state index is 0.102. The van der Waals surface area contributed by atoms with E-state index in [2.05, 4.69) is 79.2 Å². The summed E-state index contributed by atoms with van der Waals surface area (Å²) in [6, 6.07) is 15.2. The molecule has 0 saturated carbocycles. The van der Waals surface area contributed by atoms with E-state index in [-0.39, 0.29) is 10.2 Å². The zero-order chi connectivity index (χ0) is 14.3. The maximum atomic E-state index is 5.76. The highest BCUT2D eigenvalue weighted by Gasteiger charge is 2.32. The van der Waals surface area contributed by atoms with E-state index in [1.165, 1.54) is 22.3 Å². The summed E-state index contributed by atoms with van der Waals surface area (Å²) in [5.74, 6) is 1.03. The predicted octanol–water partition coefficient (Wildman–Crippen LogP) is 5.15. The van der Waals surface area contributed by atoms with Crippen molar-refractivity contribution in [3.8, 4) is 5.75 Å². The Kier molecular flexibility index (Phi) is 3.37. The van der Waals surface area contributed by atoms with Gasteiger partial charge in [0.1, 0.15) is 5.75 Å². The fraction of sp³-hybridized carbons (Fsp3) is 0.333. The van der Waals surface area contributed by atoms with Gasteiger partial charge in [-0.25, -0.2) is 0 Å². The third-order valence-electron chi connectivity index (χ3n) is 3.95. The molecule has 104 valence electrons. The van der Waals surface area contributed by atoms with E-state index >= 15 is 0 Å². The second-order valence-corrected chi connectivity index (χ2v) is 7.12. The largest absolute Gasteiger partial charge is 0.492 e. The molecule has 1 nitrogen and oxygen atoms in total. The smallest absolute Gasteiger partial charge is 0.123 e. The maximum absolute atomic E-state index is 5.76. The van der Waals surface area contributed by atoms with Crippen LogP contribution in [0.5, 0.6) is 5.75 Å². The molecule has 0 radical (unpaired) electrons. The van der Waals surface area contributed by atoms with Gasteiger partial charge in [-0.3, -0.25) is 0 Å². The molecule has 1 aliphatic rings. The van der Waals surface area contributed by atoms with Gasteiger partial charge in [-0.2, -0.15) is 0 Å². The molecular weight excluding hydrogens is 312 g/mol. The fourth-order valence-corrected chi connectivity index (χ4v) is 3.29. The van der Waals surface area contributed by atoms with Crippen molar-refractivity contribution in [2.45, 2.75) is 31.0 Å². The number of alkyl halides is 1. The van der Waals surface area contributed by atoms with Crippen LogP contribution in [0.3, 0.4) is 0 Å². The molecule has 0 spiro atoms. The Hall–Kier alpha value is -1.28. The molecule has 0 amide bonds. The first-order valence-corrected chi connectivity index (χ1v) is 7.87. The Morgan fingerprint density at radius 1 is 1.10 bits per heavy atom. The van der Waals surface area contributed by atoms with E-state index in [9.17, 15) is 0 Å². The molecular formula is C18H19BrO. The lowest BCUT2D eigenvalue weighted by Crippen LogP contribution is -2.18. The number of hydrogen-bond acceptors (Lipinski definition) is 1. The van der Waals surface area contributed by atoms with Crippen molar-refractivity contribution in [3.63, 3.8) is 0 Å². The Bertz CT molecular complexity index is 646. The zero-order valence-corrected chi connectivity index (χ0v) is 13.7. The van der Waals surface area contributed by atoms with Crippen molar-refractivity contribution >= 4 is 15.9 Å². The van der Waals surface area contributed by atoms with Crippen molar-refractivity contribution in [2.24, 2.45) is 0 Å². The molecule has 2 aromatic rings. The van der Waals surface area contributed by atoms with E-state index in [0.29, 0.717) is 0 Å². The lowest BCUT2D eigenvalue weighted by molar-refractivity contribution is 0.291. The minimum Gasteiger partial charge on any atom is -0.492 e. The van der Waals surface area contributed by atoms with Crippen molar-refractivity contribution in [1.29, 1.82) is 0 Å². The van der Waals surface area contributed by atoms with Crippen LogP contribution < -0.4 is 4.74 Å². The number of aryl methyl sites for hydroxylation is 1. The second-order valence-electron chi connectivity index (χ2n) is 6.20. The number of rotatable bonds is 2. The van der Waals surface area contributed by atoms with Crippen molar-refractivity contribution < 1.29 is 4.74 Å². The average Bonchev–Trinajstić information content (AvgIpc) is 2.73. The van der Waals surface area contributed by atoms with Gasteiger partial charge in [0.25, 0.3) is 0 Å². The molecule has 1 aliphatic heterocycles. The van der Waals surface area contributed by atoms with E-state index < -0.39 is 0 Å². The monoisotopic (exact) mass is 330 g/mol. The molecule has 0 aromatic heterocycles. The van der Waals surface area contributed by atoms with Gasteiger partial charge in [-0.05, 0) is 30.2 Å². The standard InChI is InChI=1S/C18H19BrO/c1-12-5-4-6-13(9-12)17(19)14-7-8-16-15(10-14)18(2,3)11-20-16/h4-10,17H,11H2,1-3H3. The third-order valence-corrected chi connectivity index (χ3v) is 5.01. The average molecular weight is 331 g/mol. The SMILES string of the molecule is Cc1cccc(C(Br)c2ccc3c(c2)C(C)(C)CO3)c1. The number of hydrogen-bond donors (Lipinski definition) is 0. The molecule has 1 heterocycles. The van der Waals surface area contributed by atoms with Gasteiger partial charge in [0.15, 0.2) is 0 Å². The Morgan fingerprint density at radius 2 is 1.85 bits per heavy atom. The van der Waals surface area contributed by atoms with E-state index in [0.717, 1.165) is 12.4 Å². The molecule has 0 bridgehead atoms. The summed E-state index contributed by atoms with van der Waals surface area (Å²) in [5.41, 5.74) is 5.28. The molecule has 3 rings (SSSR count). The quantitative estimate of drug-likeness (QED) is 0.692. The number of ether oxygens (including phenoxy) is 1. The molecule has 1 atom stereocenters. The van der Waals surface area contributed by atoms with E-state index in [1.807, 2.05) is 0 Å². The number of halogens is 1. The minimum atomic E-state index is 0.102. The van der Waals surface area contributed by atoms with Crippen LogP contribution in [0.15, 0.2) is 42.5 Å². The topological polar surface area (TPSA) is 9.23 Å². The van der Waals surface area contributed by atoms with E-state index in [1.54, 1.807) is 0 Å². The van der Waals surface area contributed by atoms with Crippen LogP contribution in [0, 0.1) is 6.92 Å². The van der Waals surface area contributed by atoms with E-state index in [4.69, 9.17) is 4.74 Å². The van der Waals surface area contributed by atoms with Crippen molar-refractivity contribution in [3.05, 3.63) is 64.7 Å². The Labute approximate surface area is 129 Å². The summed E-state index contributed by atoms with van der Waals surface area (Å²) in [6.45, 7) is 7.36. The normalized spacial score (nSPS) is 17.4. The Morgan fingerprint density at radius 3 is 2.60 bits per heavy atom. The molecule has 2 heteroatoms.